The molecule has 0 saturated carbocycles. The minimum atomic E-state index is -0.524. The van der Waals surface area contributed by atoms with Gasteiger partial charge in [0.25, 0.3) is 0 Å². The van der Waals surface area contributed by atoms with Crippen molar-refractivity contribution in [1.82, 2.24) is 0 Å². The van der Waals surface area contributed by atoms with Crippen molar-refractivity contribution in [2.24, 2.45) is 5.73 Å². The van der Waals surface area contributed by atoms with E-state index in [2.05, 4.69) is 0 Å². The van der Waals surface area contributed by atoms with Gasteiger partial charge in [-0.3, -0.25) is 0 Å². The molecule has 3 nitrogen and oxygen atoms in total. The summed E-state index contributed by atoms with van der Waals surface area (Å²) in [4.78, 5) is 0. The monoisotopic (exact) mass is 274 g/mol. The Morgan fingerprint density at radius 1 is 1.18 bits per heavy atom. The molecule has 1 atom stereocenters. The summed E-state index contributed by atoms with van der Waals surface area (Å²) >= 11 is 0. The van der Waals surface area contributed by atoms with E-state index in [1.165, 1.54) is 0 Å². The van der Waals surface area contributed by atoms with Crippen molar-refractivity contribution in [3.63, 3.8) is 0 Å². The van der Waals surface area contributed by atoms with Crippen LogP contribution >= 0.6 is 0 Å². The Morgan fingerprint density at radius 2 is 1.88 bits per heavy atom. The summed E-state index contributed by atoms with van der Waals surface area (Å²) in [5.74, 6) is 0.328. The predicted octanol–water partition coefficient (Wildman–Crippen LogP) is 2.11. The molecule has 4 N–H and O–H groups in total. The molecule has 1 aromatic carbocycles. The van der Waals surface area contributed by atoms with Gasteiger partial charge < -0.3 is 15.9 Å². The average Bonchev–Trinajstić information content (AvgIpc) is 2.28. The molecule has 0 fully saturated rings. The molecular formula is C13H13CoNO2. The number of rotatable bonds is 1. The van der Waals surface area contributed by atoms with Crippen molar-refractivity contribution in [2.75, 3.05) is 0 Å². The Hall–Kier alpha value is -1.49. The molecule has 0 amide bonds. The fourth-order valence-electron chi connectivity index (χ4n) is 1.56. The maximum Gasteiger partial charge on any atom is 0.122 e. The number of nitrogens with two attached hydrogens (primary N) is 1. The molecule has 17 heavy (non-hydrogen) atoms. The van der Waals surface area contributed by atoms with Crippen molar-refractivity contribution in [3.05, 3.63) is 59.4 Å². The van der Waals surface area contributed by atoms with Crippen molar-refractivity contribution < 1.29 is 27.0 Å². The predicted molar refractivity (Wildman–Crippen MR) is 63.9 cm³/mol. The van der Waals surface area contributed by atoms with Crippen molar-refractivity contribution in [2.45, 2.75) is 6.04 Å². The van der Waals surface area contributed by atoms with Crippen LogP contribution in [0.4, 0.5) is 0 Å². The number of phenolic OH excluding ortho intramolecular Hbond substituents is 1. The summed E-state index contributed by atoms with van der Waals surface area (Å²) in [7, 11) is 0. The Kier molecular flexibility index (Phi) is 4.57. The SMILES string of the molecule is NC1C(O)=CC=CC1=Cc1ccccc1O.[Co]. The molecule has 4 heteroatoms. The van der Waals surface area contributed by atoms with Gasteiger partial charge >= 0.3 is 0 Å². The third-order valence-corrected chi connectivity index (χ3v) is 2.49. The summed E-state index contributed by atoms with van der Waals surface area (Å²) < 4.78 is 0. The van der Waals surface area contributed by atoms with Gasteiger partial charge in [0.2, 0.25) is 0 Å². The number of aliphatic hydroxyl groups excluding tert-OH is 1. The van der Waals surface area contributed by atoms with E-state index in [-0.39, 0.29) is 28.3 Å². The van der Waals surface area contributed by atoms with Crippen molar-refractivity contribution >= 4 is 6.08 Å². The molecule has 0 aromatic heterocycles. The molecule has 1 aliphatic carbocycles. The summed E-state index contributed by atoms with van der Waals surface area (Å²) in [5, 5.41) is 19.1. The molecule has 1 unspecified atom stereocenters. The van der Waals surface area contributed by atoms with Crippen LogP contribution in [0.25, 0.3) is 6.08 Å². The first-order valence-corrected chi connectivity index (χ1v) is 5.01. The second-order valence-corrected chi connectivity index (χ2v) is 3.63. The zero-order valence-electron chi connectivity index (χ0n) is 9.00. The number of allylic oxidation sites excluding steroid dienone is 2. The van der Waals surface area contributed by atoms with Crippen molar-refractivity contribution in [3.8, 4) is 5.75 Å². The Labute approximate surface area is 110 Å². The van der Waals surface area contributed by atoms with Gasteiger partial charge in [0.15, 0.2) is 0 Å². The van der Waals surface area contributed by atoms with E-state index in [0.717, 1.165) is 5.57 Å². The third kappa shape index (κ3) is 3.00. The van der Waals surface area contributed by atoms with Gasteiger partial charge in [-0.15, -0.1) is 0 Å². The van der Waals surface area contributed by atoms with Gasteiger partial charge in [-0.2, -0.15) is 0 Å². The molecule has 91 valence electrons. The van der Waals surface area contributed by atoms with E-state index in [1.807, 2.05) is 12.1 Å². The summed E-state index contributed by atoms with van der Waals surface area (Å²) in [6.45, 7) is 0. The number of aromatic hydroxyl groups is 1. The molecule has 0 bridgehead atoms. The summed E-state index contributed by atoms with van der Waals surface area (Å²) in [5.41, 5.74) is 7.25. The third-order valence-electron chi connectivity index (χ3n) is 2.49. The standard InChI is InChI=1S/C13H13NO2.Co/c14-13-10(5-3-7-12(13)16)8-9-4-1-2-6-11(9)15;/h1-8,13,15-16H,14H2;. The second kappa shape index (κ2) is 5.72. The van der Waals surface area contributed by atoms with Crippen LogP contribution in [-0.2, 0) is 16.8 Å². The van der Waals surface area contributed by atoms with Gasteiger partial charge in [-0.25, -0.2) is 0 Å². The number of hydrogen-bond donors (Lipinski definition) is 3. The summed E-state index contributed by atoms with van der Waals surface area (Å²) in [6, 6.07) is 6.47. The smallest absolute Gasteiger partial charge is 0.122 e. The maximum absolute atomic E-state index is 9.61. The first kappa shape index (κ1) is 13.6. The number of phenols is 1. The van der Waals surface area contributed by atoms with E-state index in [0.29, 0.717) is 5.56 Å². The topological polar surface area (TPSA) is 66.5 Å². The van der Waals surface area contributed by atoms with Crippen LogP contribution in [0.5, 0.6) is 5.75 Å². The number of aliphatic hydroxyl groups is 1. The number of para-hydroxylation sites is 1. The summed E-state index contributed by atoms with van der Waals surface area (Å²) in [6.07, 6.45) is 6.87. The Balaban J connectivity index is 0.00000144. The van der Waals surface area contributed by atoms with E-state index in [1.54, 1.807) is 36.4 Å². The molecule has 1 radical (unpaired) electrons. The van der Waals surface area contributed by atoms with Crippen LogP contribution in [0.3, 0.4) is 0 Å². The normalized spacial score (nSPS) is 20.9. The van der Waals surface area contributed by atoms with E-state index in [4.69, 9.17) is 5.73 Å². The second-order valence-electron chi connectivity index (χ2n) is 3.63. The van der Waals surface area contributed by atoms with Gasteiger partial charge in [-0.1, -0.05) is 30.4 Å². The molecule has 0 aliphatic heterocycles. The van der Waals surface area contributed by atoms with Crippen LogP contribution in [0.1, 0.15) is 5.56 Å². The van der Waals surface area contributed by atoms with Gasteiger partial charge in [-0.05, 0) is 23.8 Å². The number of benzene rings is 1. The molecular weight excluding hydrogens is 261 g/mol. The number of hydrogen-bond acceptors (Lipinski definition) is 3. The van der Waals surface area contributed by atoms with Crippen molar-refractivity contribution in [1.29, 1.82) is 0 Å². The molecule has 0 saturated heterocycles. The van der Waals surface area contributed by atoms with Crippen LogP contribution in [-0.4, -0.2) is 16.3 Å². The molecule has 1 aromatic rings. The van der Waals surface area contributed by atoms with Crippen LogP contribution in [0.15, 0.2) is 53.8 Å². The van der Waals surface area contributed by atoms with Gasteiger partial charge in [0, 0.05) is 22.3 Å². The minimum absolute atomic E-state index is 0. The molecule has 1 aliphatic rings. The fourth-order valence-corrected chi connectivity index (χ4v) is 1.56. The van der Waals surface area contributed by atoms with E-state index >= 15 is 0 Å². The van der Waals surface area contributed by atoms with E-state index < -0.39 is 6.04 Å². The van der Waals surface area contributed by atoms with Gasteiger partial charge in [0.1, 0.15) is 11.5 Å². The molecule has 0 spiro atoms. The fraction of sp³-hybridized carbons (Fsp3) is 0.0769. The largest absolute Gasteiger partial charge is 0.510 e. The van der Waals surface area contributed by atoms with Crippen LogP contribution in [0, 0.1) is 0 Å². The molecule has 0 heterocycles. The first-order valence-electron chi connectivity index (χ1n) is 5.01. The average molecular weight is 274 g/mol. The minimum Gasteiger partial charge on any atom is -0.510 e. The Morgan fingerprint density at radius 3 is 2.59 bits per heavy atom. The maximum atomic E-state index is 9.61. The van der Waals surface area contributed by atoms with Crippen LogP contribution < -0.4 is 5.73 Å². The van der Waals surface area contributed by atoms with E-state index in [9.17, 15) is 10.2 Å². The van der Waals surface area contributed by atoms with Gasteiger partial charge in [0.05, 0.1) is 6.04 Å². The first-order chi connectivity index (χ1) is 7.68. The Bertz CT molecular complexity index is 492. The quantitative estimate of drug-likeness (QED) is 0.734. The zero-order chi connectivity index (χ0) is 11.5. The molecule has 2 rings (SSSR count). The van der Waals surface area contributed by atoms with Crippen LogP contribution in [0.2, 0.25) is 0 Å². The zero-order valence-corrected chi connectivity index (χ0v) is 10.0.